The van der Waals surface area contributed by atoms with Crippen molar-refractivity contribution in [2.75, 3.05) is 16.6 Å². The number of benzene rings is 8. The highest BCUT2D eigenvalue weighted by Gasteiger charge is 2.49. The Hall–Kier alpha value is -7.50. The van der Waals surface area contributed by atoms with Gasteiger partial charge in [-0.15, -0.1) is 0 Å². The third kappa shape index (κ3) is 9.10. The second-order valence-corrected chi connectivity index (χ2v) is 26.3. The molecule has 8 aromatic rings. The Kier molecular flexibility index (Phi) is 12.0. The summed E-state index contributed by atoms with van der Waals surface area (Å²) in [5.41, 5.74) is 26.0. The second-order valence-electron chi connectivity index (χ2n) is 26.3. The minimum Gasteiger partial charge on any atom is -0.454 e. The molecule has 0 spiro atoms. The van der Waals surface area contributed by atoms with E-state index >= 15 is 0 Å². The van der Waals surface area contributed by atoms with Crippen molar-refractivity contribution in [3.05, 3.63) is 215 Å². The Morgan fingerprint density at radius 2 is 0.935 bits per heavy atom. The molecular weight excluding hydrogens is 936 g/mol. The molecule has 0 saturated carbocycles. The van der Waals surface area contributed by atoms with Crippen LogP contribution in [0.5, 0.6) is 11.5 Å². The van der Waals surface area contributed by atoms with E-state index in [4.69, 9.17) is 9.47 Å². The smallest absolute Gasteiger partial charge is 0.247 e. The van der Waals surface area contributed by atoms with Gasteiger partial charge < -0.3 is 19.3 Å². The van der Waals surface area contributed by atoms with Gasteiger partial charge in [-0.25, -0.2) is 0 Å². The number of fused-ring (bicyclic) bond motifs is 5. The van der Waals surface area contributed by atoms with Gasteiger partial charge >= 0.3 is 0 Å². The summed E-state index contributed by atoms with van der Waals surface area (Å²) < 4.78 is 12.6. The van der Waals surface area contributed by atoms with Crippen LogP contribution in [0, 0.1) is 0 Å². The quantitative estimate of drug-likeness (QED) is 0.155. The van der Waals surface area contributed by atoms with Gasteiger partial charge in [-0.05, 0) is 161 Å². The first-order valence-corrected chi connectivity index (χ1v) is 27.8. The Labute approximate surface area is 459 Å². The third-order valence-corrected chi connectivity index (χ3v) is 16.7. The van der Waals surface area contributed by atoms with Crippen LogP contribution in [0.2, 0.25) is 0 Å². The Balaban J connectivity index is 1.15. The summed E-state index contributed by atoms with van der Waals surface area (Å²) in [4.78, 5) is 5.29. The largest absolute Gasteiger partial charge is 0.454 e. The molecule has 4 aliphatic rings. The van der Waals surface area contributed by atoms with E-state index in [1.807, 2.05) is 0 Å². The molecule has 0 aromatic heterocycles. The van der Waals surface area contributed by atoms with Crippen LogP contribution < -0.4 is 30.2 Å². The van der Waals surface area contributed by atoms with Gasteiger partial charge in [-0.3, -0.25) is 0 Å². The Morgan fingerprint density at radius 1 is 0.429 bits per heavy atom. The fourth-order valence-electron chi connectivity index (χ4n) is 12.3. The van der Waals surface area contributed by atoms with E-state index in [1.165, 1.54) is 106 Å². The van der Waals surface area contributed by atoms with E-state index in [-0.39, 0.29) is 41.2 Å². The van der Waals surface area contributed by atoms with Gasteiger partial charge in [0.25, 0.3) is 0 Å². The number of hydrogen-bond donors (Lipinski definition) is 0. The third-order valence-electron chi connectivity index (χ3n) is 16.7. The highest BCUT2D eigenvalue weighted by molar-refractivity contribution is 6.94. The molecule has 0 bridgehead atoms. The molecule has 386 valence electrons. The Bertz CT molecular complexity index is 3590. The van der Waals surface area contributed by atoms with E-state index < -0.39 is 0 Å². The molecule has 8 aromatic carbocycles. The van der Waals surface area contributed by atoms with E-state index in [9.17, 15) is 0 Å². The predicted octanol–water partition coefficient (Wildman–Crippen LogP) is 17.7. The molecule has 3 aliphatic heterocycles. The summed E-state index contributed by atoms with van der Waals surface area (Å²) in [6, 6.07) is 65.1. The molecule has 1 unspecified atom stereocenters. The van der Waals surface area contributed by atoms with Gasteiger partial charge in [0.1, 0.15) is 0 Å². The lowest BCUT2D eigenvalue weighted by atomic mass is 9.31. The van der Waals surface area contributed by atoms with Gasteiger partial charge in [-0.1, -0.05) is 210 Å². The molecule has 0 saturated heterocycles. The molecular formula is C72H73BN2O2. The number of rotatable bonds is 6. The summed E-state index contributed by atoms with van der Waals surface area (Å²) in [6.07, 6.45) is 3.37. The topological polar surface area (TPSA) is 24.9 Å². The highest BCUT2D eigenvalue weighted by Crippen LogP contribution is 2.52. The molecule has 1 aliphatic carbocycles. The lowest BCUT2D eigenvalue weighted by Crippen LogP contribution is -2.61. The van der Waals surface area contributed by atoms with Crippen molar-refractivity contribution in [2.45, 2.75) is 124 Å². The molecule has 4 nitrogen and oxygen atoms in total. The Morgan fingerprint density at radius 3 is 1.48 bits per heavy atom. The van der Waals surface area contributed by atoms with Crippen LogP contribution >= 0.6 is 0 Å². The first kappa shape index (κ1) is 50.3. The molecule has 1 atom stereocenters. The zero-order chi connectivity index (χ0) is 53.9. The van der Waals surface area contributed by atoms with Crippen LogP contribution in [0.4, 0.5) is 22.7 Å². The van der Waals surface area contributed by atoms with Crippen LogP contribution in [0.1, 0.15) is 119 Å². The van der Waals surface area contributed by atoms with Crippen LogP contribution in [0.25, 0.3) is 44.5 Å². The molecule has 0 amide bonds. The van der Waals surface area contributed by atoms with Crippen LogP contribution in [0.3, 0.4) is 0 Å². The summed E-state index contributed by atoms with van der Waals surface area (Å²) in [5.74, 6) is 1.59. The summed E-state index contributed by atoms with van der Waals surface area (Å²) in [6.45, 7) is 30.0. The van der Waals surface area contributed by atoms with Crippen molar-refractivity contribution in [2.24, 2.45) is 0 Å². The average Bonchev–Trinajstić information content (AvgIpc) is 4.03. The van der Waals surface area contributed by atoms with Crippen molar-refractivity contribution in [1.82, 2.24) is 0 Å². The van der Waals surface area contributed by atoms with Gasteiger partial charge in [0.15, 0.2) is 11.5 Å². The highest BCUT2D eigenvalue weighted by atomic mass is 16.7. The average molecular weight is 1010 g/mol. The van der Waals surface area contributed by atoms with Crippen molar-refractivity contribution >= 4 is 40.4 Å². The second kappa shape index (κ2) is 18.3. The molecule has 0 fully saturated rings. The summed E-state index contributed by atoms with van der Waals surface area (Å²) in [5, 5.41) is 0. The first-order chi connectivity index (χ1) is 36.6. The molecule has 77 heavy (non-hydrogen) atoms. The van der Waals surface area contributed by atoms with Crippen LogP contribution in [0.15, 0.2) is 193 Å². The van der Waals surface area contributed by atoms with Crippen LogP contribution in [-0.2, 0) is 21.7 Å². The number of ether oxygens (including phenoxy) is 2. The number of anilines is 4. The first-order valence-electron chi connectivity index (χ1n) is 27.8. The zero-order valence-electron chi connectivity index (χ0n) is 47.5. The summed E-state index contributed by atoms with van der Waals surface area (Å²) in [7, 11) is 0. The monoisotopic (exact) mass is 1010 g/mol. The molecule has 3 heterocycles. The minimum atomic E-state index is -0.0600. The maximum atomic E-state index is 6.31. The fourth-order valence-corrected chi connectivity index (χ4v) is 12.3. The molecule has 5 heteroatoms. The maximum absolute atomic E-state index is 6.31. The lowest BCUT2D eigenvalue weighted by Gasteiger charge is -2.51. The van der Waals surface area contributed by atoms with Crippen LogP contribution in [-0.4, -0.2) is 19.5 Å². The fraction of sp³-hybridized carbons (Fsp3) is 0.278. The van der Waals surface area contributed by atoms with Gasteiger partial charge in [0, 0.05) is 40.1 Å². The van der Waals surface area contributed by atoms with Crippen molar-refractivity contribution < 1.29 is 9.47 Å². The van der Waals surface area contributed by atoms with Crippen molar-refractivity contribution in [3.63, 3.8) is 0 Å². The maximum Gasteiger partial charge on any atom is 0.247 e. The zero-order valence-corrected chi connectivity index (χ0v) is 47.5. The molecule has 0 N–H and O–H groups in total. The molecule has 12 rings (SSSR count). The number of allylic oxidation sites excluding steroid dienone is 1. The normalized spacial score (nSPS) is 16.0. The minimum absolute atomic E-state index is 0.0198. The molecule has 0 radical (unpaired) electrons. The summed E-state index contributed by atoms with van der Waals surface area (Å²) >= 11 is 0. The number of hydrogen-bond acceptors (Lipinski definition) is 4. The van der Waals surface area contributed by atoms with Gasteiger partial charge in [0.2, 0.25) is 13.5 Å². The SMILES string of the molecule is CC1=CC2=C3B(c4ccc(-c5ccc(C(C)(C)C)cc5)cc4N2c2cc(-c4ccc(C(C)(C)C)cc4)cc(-c4ccc(C(C)(C)C)cc4)c2)c2cc4c(cc2N(c2ccc(C(C)(C)C)cc2-c2ccccc2)C3C1)OCO4. The van der Waals surface area contributed by atoms with Gasteiger partial charge in [-0.2, -0.15) is 0 Å². The lowest BCUT2D eigenvalue weighted by molar-refractivity contribution is 0.174. The number of nitrogens with zero attached hydrogens (tertiary/aromatic N) is 2. The van der Waals surface area contributed by atoms with Crippen molar-refractivity contribution in [1.29, 1.82) is 0 Å². The van der Waals surface area contributed by atoms with E-state index in [2.05, 4.69) is 276 Å². The standard InChI is InChI=1S/C72H73BN2O2/c1-45-35-64-68-65(36-45)75(61-34-32-56(72(11,12)13)41-58(61)49-17-15-14-16-18-49)63-43-67-66(76-44-77-67)42-60(63)73(68)59-33-25-50(46-19-26-53(27-20-46)69(2,3)4)40-62(59)74(64)57-38-51(47-21-28-54(29-22-47)70(5,6)7)37-52(39-57)48-23-30-55(31-24-48)71(8,9)10/h14-35,37-43,65H,36,44H2,1-13H3. The van der Waals surface area contributed by atoms with E-state index in [0.717, 1.165) is 29.3 Å². The van der Waals surface area contributed by atoms with E-state index in [0.29, 0.717) is 0 Å². The van der Waals surface area contributed by atoms with Crippen molar-refractivity contribution in [3.8, 4) is 56.0 Å². The predicted molar refractivity (Wildman–Crippen MR) is 327 cm³/mol. The van der Waals surface area contributed by atoms with Gasteiger partial charge in [0.05, 0.1) is 6.04 Å². The van der Waals surface area contributed by atoms with E-state index in [1.54, 1.807) is 0 Å².